The summed E-state index contributed by atoms with van der Waals surface area (Å²) in [6.45, 7) is 2.95. The smallest absolute Gasteiger partial charge is 0.275 e. The van der Waals surface area contributed by atoms with Crippen LogP contribution in [0.5, 0.6) is 5.75 Å². The Morgan fingerprint density at radius 2 is 1.80 bits per heavy atom. The van der Waals surface area contributed by atoms with Gasteiger partial charge in [0.1, 0.15) is 12.3 Å². The predicted molar refractivity (Wildman–Crippen MR) is 101 cm³/mol. The number of rotatable bonds is 7. The third-order valence-corrected chi connectivity index (χ3v) is 4.43. The third kappa shape index (κ3) is 5.92. The lowest BCUT2D eigenvalue weighted by Gasteiger charge is -2.18. The second-order valence-corrected chi connectivity index (χ2v) is 6.98. The first-order valence-corrected chi connectivity index (χ1v) is 8.83. The number of halogens is 2. The van der Waals surface area contributed by atoms with Gasteiger partial charge >= 0.3 is 0 Å². The minimum Gasteiger partial charge on any atom is -0.496 e. The van der Waals surface area contributed by atoms with Crippen molar-refractivity contribution in [3.8, 4) is 5.75 Å². The Morgan fingerprint density at radius 1 is 1.16 bits per heavy atom. The first kappa shape index (κ1) is 19.6. The van der Waals surface area contributed by atoms with E-state index in [2.05, 4.69) is 5.32 Å². The Morgan fingerprint density at radius 3 is 2.44 bits per heavy atom. The summed E-state index contributed by atoms with van der Waals surface area (Å²) in [6, 6.07) is 12.9. The van der Waals surface area contributed by atoms with Crippen molar-refractivity contribution in [1.82, 2.24) is 5.32 Å². The number of hydrogen-bond acceptors (Lipinski definition) is 2. The van der Waals surface area contributed by atoms with Gasteiger partial charge in [-0.2, -0.15) is 0 Å². The largest absolute Gasteiger partial charge is 0.496 e. The summed E-state index contributed by atoms with van der Waals surface area (Å²) in [7, 11) is 3.59. The highest BCUT2D eigenvalue weighted by atomic mass is 35.5. The van der Waals surface area contributed by atoms with Crippen LogP contribution in [0.1, 0.15) is 24.1 Å². The molecule has 0 saturated heterocycles. The monoisotopic (exact) mass is 381 g/mol. The standard InChI is InChI=1S/C19H22Cl2N2O2/c1-13(14-4-6-16(20)7-5-14)22-19(24)12-23(2)11-15-10-17(21)8-9-18(15)25-3/h4-10,13H,11-12H2,1-3H3,(H,22,24)/p+1/t13-/m0/s1. The molecule has 2 atom stereocenters. The zero-order chi connectivity index (χ0) is 18.4. The number of quaternary nitrogens is 1. The fourth-order valence-corrected chi connectivity index (χ4v) is 3.00. The molecule has 25 heavy (non-hydrogen) atoms. The molecule has 0 aliphatic rings. The number of benzene rings is 2. The van der Waals surface area contributed by atoms with Gasteiger partial charge in [-0.05, 0) is 42.8 Å². The van der Waals surface area contributed by atoms with Gasteiger partial charge in [0.15, 0.2) is 6.54 Å². The lowest BCUT2D eigenvalue weighted by atomic mass is 10.1. The molecule has 0 fully saturated rings. The van der Waals surface area contributed by atoms with Crippen LogP contribution in [0.3, 0.4) is 0 Å². The number of methoxy groups -OCH3 is 1. The molecule has 0 saturated carbocycles. The van der Waals surface area contributed by atoms with Crippen molar-refractivity contribution in [3.05, 3.63) is 63.6 Å². The van der Waals surface area contributed by atoms with Crippen LogP contribution >= 0.6 is 23.2 Å². The molecule has 1 unspecified atom stereocenters. The van der Waals surface area contributed by atoms with E-state index in [4.69, 9.17) is 27.9 Å². The Balaban J connectivity index is 1.91. The zero-order valence-electron chi connectivity index (χ0n) is 14.6. The fourth-order valence-electron chi connectivity index (χ4n) is 2.67. The number of hydrogen-bond donors (Lipinski definition) is 2. The molecular formula is C19H23Cl2N2O2+. The first-order chi connectivity index (χ1) is 11.9. The highest BCUT2D eigenvalue weighted by Crippen LogP contribution is 2.21. The van der Waals surface area contributed by atoms with E-state index in [9.17, 15) is 4.79 Å². The molecule has 6 heteroatoms. The average molecular weight is 382 g/mol. The van der Waals surface area contributed by atoms with Crippen LogP contribution in [0.25, 0.3) is 0 Å². The van der Waals surface area contributed by atoms with Crippen molar-refractivity contribution < 1.29 is 14.4 Å². The summed E-state index contributed by atoms with van der Waals surface area (Å²) < 4.78 is 5.35. The SMILES string of the molecule is COc1ccc(Cl)cc1C[NH+](C)CC(=O)N[C@@H](C)c1ccc(Cl)cc1. The first-order valence-electron chi connectivity index (χ1n) is 8.07. The number of carbonyl (C=O) groups excluding carboxylic acids is 1. The van der Waals surface area contributed by atoms with E-state index in [0.717, 1.165) is 21.8 Å². The molecule has 0 heterocycles. The normalized spacial score (nSPS) is 13.2. The second kappa shape index (κ2) is 9.09. The number of amides is 1. The molecule has 2 N–H and O–H groups in total. The van der Waals surface area contributed by atoms with Gasteiger partial charge < -0.3 is 15.0 Å². The number of likely N-dealkylation sites (N-methyl/N-ethyl adjacent to an activating group) is 1. The molecule has 0 aromatic heterocycles. The van der Waals surface area contributed by atoms with Crippen molar-refractivity contribution >= 4 is 29.1 Å². The Bertz CT molecular complexity index is 720. The minimum absolute atomic E-state index is 0.0130. The predicted octanol–water partition coefficient (Wildman–Crippen LogP) is 2.89. The van der Waals surface area contributed by atoms with Crippen LogP contribution in [0.2, 0.25) is 10.0 Å². The molecule has 0 radical (unpaired) electrons. The Hall–Kier alpha value is -1.75. The van der Waals surface area contributed by atoms with Crippen molar-refractivity contribution in [2.75, 3.05) is 20.7 Å². The second-order valence-electron chi connectivity index (χ2n) is 6.11. The van der Waals surface area contributed by atoms with Crippen LogP contribution < -0.4 is 15.0 Å². The van der Waals surface area contributed by atoms with E-state index in [1.807, 2.05) is 50.4 Å². The van der Waals surface area contributed by atoms with Gasteiger partial charge in [-0.25, -0.2) is 0 Å². The molecular weight excluding hydrogens is 359 g/mol. The fraction of sp³-hybridized carbons (Fsp3) is 0.316. The van der Waals surface area contributed by atoms with Crippen LogP contribution in [0, 0.1) is 0 Å². The number of carbonyl (C=O) groups is 1. The van der Waals surface area contributed by atoms with E-state index in [-0.39, 0.29) is 11.9 Å². The van der Waals surface area contributed by atoms with E-state index < -0.39 is 0 Å². The van der Waals surface area contributed by atoms with Crippen molar-refractivity contribution in [2.45, 2.75) is 19.5 Å². The van der Waals surface area contributed by atoms with Crippen LogP contribution in [-0.4, -0.2) is 26.6 Å². The van der Waals surface area contributed by atoms with Gasteiger partial charge in [-0.1, -0.05) is 35.3 Å². The topological polar surface area (TPSA) is 42.8 Å². The van der Waals surface area contributed by atoms with Gasteiger partial charge in [-0.15, -0.1) is 0 Å². The maximum atomic E-state index is 12.3. The van der Waals surface area contributed by atoms with Crippen molar-refractivity contribution in [3.63, 3.8) is 0 Å². The molecule has 2 rings (SSSR count). The van der Waals surface area contributed by atoms with Crippen LogP contribution in [0.4, 0.5) is 0 Å². The average Bonchev–Trinajstić information content (AvgIpc) is 2.55. The highest BCUT2D eigenvalue weighted by Gasteiger charge is 2.16. The van der Waals surface area contributed by atoms with Gasteiger partial charge in [0.2, 0.25) is 0 Å². The van der Waals surface area contributed by atoms with Crippen LogP contribution in [0.15, 0.2) is 42.5 Å². The molecule has 0 aliphatic heterocycles. The van der Waals surface area contributed by atoms with Crippen molar-refractivity contribution in [2.24, 2.45) is 0 Å². The lowest BCUT2D eigenvalue weighted by molar-refractivity contribution is -0.885. The van der Waals surface area contributed by atoms with E-state index >= 15 is 0 Å². The summed E-state index contributed by atoms with van der Waals surface area (Å²) in [5.74, 6) is 0.764. The summed E-state index contributed by atoms with van der Waals surface area (Å²) in [6.07, 6.45) is 0. The number of ether oxygens (including phenoxy) is 1. The van der Waals surface area contributed by atoms with E-state index in [1.165, 1.54) is 0 Å². The molecule has 0 aliphatic carbocycles. The molecule has 2 aromatic rings. The van der Waals surface area contributed by atoms with E-state index in [0.29, 0.717) is 23.1 Å². The van der Waals surface area contributed by atoms with Crippen molar-refractivity contribution in [1.29, 1.82) is 0 Å². The Labute approximate surface area is 158 Å². The van der Waals surface area contributed by atoms with Gasteiger partial charge in [-0.3, -0.25) is 4.79 Å². The molecule has 0 bridgehead atoms. The molecule has 134 valence electrons. The number of nitrogens with one attached hydrogen (secondary N) is 2. The summed E-state index contributed by atoms with van der Waals surface area (Å²) in [5, 5.41) is 4.35. The van der Waals surface area contributed by atoms with Gasteiger partial charge in [0, 0.05) is 15.6 Å². The lowest BCUT2D eigenvalue weighted by Crippen LogP contribution is -3.08. The van der Waals surface area contributed by atoms with Gasteiger partial charge in [0.25, 0.3) is 5.91 Å². The molecule has 0 spiro atoms. The zero-order valence-corrected chi connectivity index (χ0v) is 16.1. The maximum absolute atomic E-state index is 12.3. The Kier molecular flexibility index (Phi) is 7.12. The molecule has 1 amide bonds. The molecule has 2 aromatic carbocycles. The summed E-state index contributed by atoms with van der Waals surface area (Å²) >= 11 is 12.0. The van der Waals surface area contributed by atoms with Gasteiger partial charge in [0.05, 0.1) is 20.2 Å². The minimum atomic E-state index is -0.0710. The molecule has 4 nitrogen and oxygen atoms in total. The summed E-state index contributed by atoms with van der Waals surface area (Å²) in [4.78, 5) is 13.3. The highest BCUT2D eigenvalue weighted by molar-refractivity contribution is 6.30. The van der Waals surface area contributed by atoms with E-state index in [1.54, 1.807) is 13.2 Å². The quantitative estimate of drug-likeness (QED) is 0.774. The van der Waals surface area contributed by atoms with Crippen LogP contribution in [-0.2, 0) is 11.3 Å². The third-order valence-electron chi connectivity index (χ3n) is 3.94. The maximum Gasteiger partial charge on any atom is 0.275 e. The summed E-state index contributed by atoms with van der Waals surface area (Å²) in [5.41, 5.74) is 2.00.